The van der Waals surface area contributed by atoms with Gasteiger partial charge in [0.1, 0.15) is 42.2 Å². The molecule has 1 aliphatic heterocycles. The number of carbonyl (C=O) groups is 1. The molecule has 1 atom stereocenters. The molecule has 0 bridgehead atoms. The fourth-order valence-electron chi connectivity index (χ4n) is 4.27. The molecule has 0 aliphatic carbocycles. The van der Waals surface area contributed by atoms with Crippen LogP contribution in [-0.2, 0) is 16.1 Å². The minimum absolute atomic E-state index is 0.103. The van der Waals surface area contributed by atoms with Crippen LogP contribution in [0.15, 0.2) is 79.1 Å². The number of hydrogen-bond acceptors (Lipinski definition) is 8. The lowest BCUT2D eigenvalue weighted by Crippen LogP contribution is -2.18. The van der Waals surface area contributed by atoms with Crippen molar-refractivity contribution in [1.29, 1.82) is 0 Å². The summed E-state index contributed by atoms with van der Waals surface area (Å²) < 4.78 is 30.9. The summed E-state index contributed by atoms with van der Waals surface area (Å²) in [5.74, 6) is 1.18. The fourth-order valence-corrected chi connectivity index (χ4v) is 4.27. The lowest BCUT2D eigenvalue weighted by molar-refractivity contribution is -0.111. The van der Waals surface area contributed by atoms with Gasteiger partial charge in [0.15, 0.2) is 0 Å². The summed E-state index contributed by atoms with van der Waals surface area (Å²) in [5.41, 5.74) is 2.71. The number of halogens is 1. The number of likely N-dealkylation sites (N-methyl/N-ethyl adjacent to an activating group) is 1. The highest BCUT2D eigenvalue weighted by molar-refractivity contribution is 6.03. The average molecular weight is 558 g/mol. The molecule has 1 unspecified atom stereocenters. The van der Waals surface area contributed by atoms with Gasteiger partial charge in [0.05, 0.1) is 24.4 Å². The molecule has 5 rings (SSSR count). The number of amides is 1. The van der Waals surface area contributed by atoms with Crippen LogP contribution >= 0.6 is 0 Å². The molecule has 1 aliphatic rings. The van der Waals surface area contributed by atoms with Crippen molar-refractivity contribution in [3.63, 3.8) is 0 Å². The smallest absolute Gasteiger partial charge is 0.248 e. The second-order valence-electron chi connectivity index (χ2n) is 9.91. The van der Waals surface area contributed by atoms with Crippen molar-refractivity contribution in [3.05, 3.63) is 90.5 Å². The van der Waals surface area contributed by atoms with E-state index in [1.807, 2.05) is 61.5 Å². The van der Waals surface area contributed by atoms with Crippen LogP contribution in [0.2, 0.25) is 0 Å². The topological polar surface area (TPSA) is 97.8 Å². The fraction of sp³-hybridized carbons (Fsp3) is 0.258. The molecular weight excluding hydrogens is 525 g/mol. The van der Waals surface area contributed by atoms with Crippen LogP contribution in [0.1, 0.15) is 12.0 Å². The number of nitrogens with one attached hydrogen (secondary N) is 2. The predicted molar refractivity (Wildman–Crippen MR) is 156 cm³/mol. The van der Waals surface area contributed by atoms with Crippen LogP contribution in [0.3, 0.4) is 0 Å². The highest BCUT2D eigenvalue weighted by atomic mass is 19.1. The number of carbonyl (C=O) groups excluding carboxylic acids is 1. The Bertz CT molecular complexity index is 1520. The van der Waals surface area contributed by atoms with E-state index in [0.717, 1.165) is 17.7 Å². The Morgan fingerprint density at radius 2 is 2.00 bits per heavy atom. The quantitative estimate of drug-likeness (QED) is 0.239. The van der Waals surface area contributed by atoms with Crippen LogP contribution in [-0.4, -0.2) is 60.7 Å². The zero-order valence-electron chi connectivity index (χ0n) is 23.0. The molecule has 2 heterocycles. The molecule has 0 radical (unpaired) electrons. The van der Waals surface area contributed by atoms with Crippen molar-refractivity contribution < 1.29 is 23.4 Å². The Morgan fingerprint density at radius 3 is 2.76 bits per heavy atom. The van der Waals surface area contributed by atoms with E-state index in [9.17, 15) is 9.18 Å². The standard InChI is InChI=1S/C31H32FN5O4/c1-37(2)13-4-7-30(38)36-28-16-26-27(17-29(28)41-25-12-14-39-19-25)33-20-34-31(26)35-23-8-10-24(11-9-23)40-18-21-5-3-6-22(32)15-21/h3-11,15-17,20,25H,12-14,18-19H2,1-2H3,(H,36,38)(H,33,34,35)/b7-4+. The van der Waals surface area contributed by atoms with Gasteiger partial charge in [-0.05, 0) is 62.1 Å². The Balaban J connectivity index is 1.35. The van der Waals surface area contributed by atoms with Crippen LogP contribution in [0.25, 0.3) is 10.9 Å². The molecule has 41 heavy (non-hydrogen) atoms. The molecule has 212 valence electrons. The lowest BCUT2D eigenvalue weighted by Gasteiger charge is -2.17. The normalized spacial score (nSPS) is 15.0. The molecule has 10 heteroatoms. The molecule has 0 spiro atoms. The molecule has 1 amide bonds. The van der Waals surface area contributed by atoms with E-state index in [4.69, 9.17) is 14.2 Å². The highest BCUT2D eigenvalue weighted by Gasteiger charge is 2.20. The van der Waals surface area contributed by atoms with Gasteiger partial charge in [0, 0.05) is 36.2 Å². The van der Waals surface area contributed by atoms with Crippen molar-refractivity contribution in [1.82, 2.24) is 14.9 Å². The molecule has 1 saturated heterocycles. The van der Waals surface area contributed by atoms with E-state index in [2.05, 4.69) is 20.6 Å². The maximum Gasteiger partial charge on any atom is 0.248 e. The third-order valence-electron chi connectivity index (χ3n) is 6.33. The van der Waals surface area contributed by atoms with Crippen LogP contribution in [0.4, 0.5) is 21.6 Å². The van der Waals surface area contributed by atoms with Gasteiger partial charge in [-0.3, -0.25) is 4.79 Å². The first kappa shape index (κ1) is 28.0. The van der Waals surface area contributed by atoms with Gasteiger partial charge in [0.25, 0.3) is 0 Å². The summed E-state index contributed by atoms with van der Waals surface area (Å²) >= 11 is 0. The van der Waals surface area contributed by atoms with Crippen molar-refractivity contribution in [2.75, 3.05) is 44.5 Å². The van der Waals surface area contributed by atoms with Gasteiger partial charge in [-0.15, -0.1) is 0 Å². The summed E-state index contributed by atoms with van der Waals surface area (Å²) in [6.45, 7) is 2.03. The van der Waals surface area contributed by atoms with E-state index in [0.29, 0.717) is 53.7 Å². The average Bonchev–Trinajstić information content (AvgIpc) is 3.46. The Labute approximate surface area is 238 Å². The number of benzene rings is 3. The Kier molecular flexibility index (Phi) is 9.02. The molecule has 0 saturated carbocycles. The van der Waals surface area contributed by atoms with E-state index >= 15 is 0 Å². The van der Waals surface area contributed by atoms with Gasteiger partial charge < -0.3 is 29.7 Å². The number of nitrogens with zero attached hydrogens (tertiary/aromatic N) is 3. The molecular formula is C31H32FN5O4. The van der Waals surface area contributed by atoms with Gasteiger partial charge in [-0.2, -0.15) is 0 Å². The van der Waals surface area contributed by atoms with E-state index in [1.54, 1.807) is 12.1 Å². The second kappa shape index (κ2) is 13.2. The highest BCUT2D eigenvalue weighted by Crippen LogP contribution is 2.35. The van der Waals surface area contributed by atoms with Crippen LogP contribution in [0.5, 0.6) is 11.5 Å². The number of anilines is 3. The molecule has 1 fully saturated rings. The zero-order chi connectivity index (χ0) is 28.6. The minimum Gasteiger partial charge on any atom is -0.489 e. The summed E-state index contributed by atoms with van der Waals surface area (Å²) in [7, 11) is 3.87. The minimum atomic E-state index is -0.294. The van der Waals surface area contributed by atoms with Gasteiger partial charge in [0.2, 0.25) is 5.91 Å². The van der Waals surface area contributed by atoms with E-state index in [1.165, 1.54) is 24.5 Å². The molecule has 1 aromatic heterocycles. The first-order valence-corrected chi connectivity index (χ1v) is 13.3. The van der Waals surface area contributed by atoms with Crippen LogP contribution < -0.4 is 20.1 Å². The molecule has 3 aromatic carbocycles. The molecule has 4 aromatic rings. The van der Waals surface area contributed by atoms with Crippen molar-refractivity contribution in [3.8, 4) is 11.5 Å². The first-order chi connectivity index (χ1) is 19.9. The maximum atomic E-state index is 13.4. The second-order valence-corrected chi connectivity index (χ2v) is 9.91. The summed E-state index contributed by atoms with van der Waals surface area (Å²) in [6, 6.07) is 17.3. The van der Waals surface area contributed by atoms with E-state index in [-0.39, 0.29) is 24.4 Å². The number of hydrogen-bond donors (Lipinski definition) is 2. The number of rotatable bonds is 11. The summed E-state index contributed by atoms with van der Waals surface area (Å²) in [5, 5.41) is 6.98. The number of aromatic nitrogens is 2. The Morgan fingerprint density at radius 1 is 1.15 bits per heavy atom. The predicted octanol–water partition coefficient (Wildman–Crippen LogP) is 5.32. The third-order valence-corrected chi connectivity index (χ3v) is 6.33. The summed E-state index contributed by atoms with van der Waals surface area (Å²) in [6.07, 6.45) is 5.45. The van der Waals surface area contributed by atoms with Gasteiger partial charge in [-0.1, -0.05) is 18.2 Å². The number of fused-ring (bicyclic) bond motifs is 1. The molecule has 2 N–H and O–H groups in total. The van der Waals surface area contributed by atoms with Crippen LogP contribution in [0, 0.1) is 5.82 Å². The van der Waals surface area contributed by atoms with Gasteiger partial charge in [-0.25, -0.2) is 14.4 Å². The zero-order valence-corrected chi connectivity index (χ0v) is 23.0. The monoisotopic (exact) mass is 557 g/mol. The number of ether oxygens (including phenoxy) is 3. The largest absolute Gasteiger partial charge is 0.489 e. The van der Waals surface area contributed by atoms with Crippen molar-refractivity contribution in [2.45, 2.75) is 19.1 Å². The molecule has 9 nitrogen and oxygen atoms in total. The van der Waals surface area contributed by atoms with Gasteiger partial charge >= 0.3 is 0 Å². The third kappa shape index (κ3) is 7.77. The summed E-state index contributed by atoms with van der Waals surface area (Å²) in [4.78, 5) is 23.6. The first-order valence-electron chi connectivity index (χ1n) is 13.3. The maximum absolute atomic E-state index is 13.4. The van der Waals surface area contributed by atoms with Crippen molar-refractivity contribution in [2.24, 2.45) is 0 Å². The SMILES string of the molecule is CN(C)C/C=C/C(=O)Nc1cc2c(Nc3ccc(OCc4cccc(F)c4)cc3)ncnc2cc1OC1CCOC1. The van der Waals surface area contributed by atoms with Crippen molar-refractivity contribution >= 4 is 34.0 Å². The van der Waals surface area contributed by atoms with E-state index < -0.39 is 0 Å². The Hall–Kier alpha value is -4.54. The lowest BCUT2D eigenvalue weighted by atomic mass is 10.1.